The third-order valence-electron chi connectivity index (χ3n) is 11.0. The summed E-state index contributed by atoms with van der Waals surface area (Å²) in [6.07, 6.45) is 3.65. The molecule has 0 saturated heterocycles. The fourth-order valence-electron chi connectivity index (χ4n) is 9.00. The maximum atomic E-state index is 17.5. The topological polar surface area (TPSA) is 99.1 Å². The Hall–Kier alpha value is -2.36. The number of aliphatic hydroxyl groups excluding tert-OH is 1. The van der Waals surface area contributed by atoms with Crippen LogP contribution in [0.15, 0.2) is 23.6 Å². The number of ether oxygens (including phenoxy) is 3. The molecule has 0 unspecified atom stereocenters. The molecule has 3 saturated carbocycles. The van der Waals surface area contributed by atoms with E-state index in [1.165, 1.54) is 19.1 Å². The Kier molecular flexibility index (Phi) is 7.41. The minimum atomic E-state index is -2.36. The summed E-state index contributed by atoms with van der Waals surface area (Å²) >= 11 is 0. The van der Waals surface area contributed by atoms with Crippen molar-refractivity contribution in [3.05, 3.63) is 23.6 Å². The number of rotatable bonds is 4. The number of halogens is 3. The van der Waals surface area contributed by atoms with Crippen LogP contribution in [0.5, 0.6) is 0 Å². The Bertz CT molecular complexity index is 1130. The highest BCUT2D eigenvalue weighted by Gasteiger charge is 2.78. The zero-order valence-corrected chi connectivity index (χ0v) is 23.4. The van der Waals surface area contributed by atoms with Crippen LogP contribution in [0.4, 0.5) is 18.0 Å². The lowest BCUT2D eigenvalue weighted by Gasteiger charge is -2.62. The minimum absolute atomic E-state index is 0.0266. The molecule has 0 bridgehead atoms. The molecule has 3 fully saturated rings. The highest BCUT2D eigenvalue weighted by atomic mass is 19.1. The predicted octanol–water partition coefficient (Wildman–Crippen LogP) is 5.99. The van der Waals surface area contributed by atoms with Crippen molar-refractivity contribution in [3.8, 4) is 0 Å². The number of carbonyl (C=O) groups excluding carboxylic acids is 3. The van der Waals surface area contributed by atoms with E-state index in [1.807, 2.05) is 0 Å². The van der Waals surface area contributed by atoms with Gasteiger partial charge in [0.05, 0.1) is 6.10 Å². The Balaban J connectivity index is 1.55. The van der Waals surface area contributed by atoms with Crippen LogP contribution in [-0.2, 0) is 23.8 Å². The largest absolute Gasteiger partial charge is 0.509 e. The molecule has 0 aromatic rings. The van der Waals surface area contributed by atoms with Gasteiger partial charge in [-0.15, -0.1) is 0 Å². The van der Waals surface area contributed by atoms with Gasteiger partial charge in [0.1, 0.15) is 11.9 Å². The van der Waals surface area contributed by atoms with Crippen LogP contribution in [0, 0.1) is 28.6 Å². The van der Waals surface area contributed by atoms with Gasteiger partial charge in [0.2, 0.25) is 12.5 Å². The van der Waals surface area contributed by atoms with Crippen molar-refractivity contribution in [1.82, 2.24) is 0 Å². The second-order valence-electron chi connectivity index (χ2n) is 12.9. The highest BCUT2D eigenvalue weighted by Crippen LogP contribution is 2.71. The van der Waals surface area contributed by atoms with Crippen molar-refractivity contribution in [1.29, 1.82) is 0 Å². The minimum Gasteiger partial charge on any atom is -0.431 e. The summed E-state index contributed by atoms with van der Waals surface area (Å²) in [6, 6.07) is 0. The Morgan fingerprint density at radius 1 is 1.12 bits per heavy atom. The SMILES string of the molecule is C[C@@H]1C[C@H]2[C@@H]3CC(F)=C4CC(=O)C=C[C@]4(C)[C@@]3(F)[C@@H](O)C[C@]2(C)[C@@]1(OC(=O)OC1CCCCCC1)C(=O)OCF. The average molecular weight is 569 g/mol. The first kappa shape index (κ1) is 29.1. The smallest absolute Gasteiger partial charge is 0.431 e. The second-order valence-corrected chi connectivity index (χ2v) is 12.9. The summed E-state index contributed by atoms with van der Waals surface area (Å²) < 4.78 is 62.8. The molecule has 0 radical (unpaired) electrons. The third kappa shape index (κ3) is 3.98. The van der Waals surface area contributed by atoms with Gasteiger partial charge >= 0.3 is 12.1 Å². The lowest BCUT2D eigenvalue weighted by molar-refractivity contribution is -0.230. The number of aliphatic hydroxyl groups is 1. The number of carbonyl (C=O) groups is 3. The molecule has 222 valence electrons. The van der Waals surface area contributed by atoms with Crippen LogP contribution in [0.2, 0.25) is 0 Å². The monoisotopic (exact) mass is 568 g/mol. The van der Waals surface area contributed by atoms with Crippen molar-refractivity contribution in [2.45, 2.75) is 108 Å². The third-order valence-corrected chi connectivity index (χ3v) is 11.0. The van der Waals surface area contributed by atoms with E-state index in [4.69, 9.17) is 14.2 Å². The zero-order chi connectivity index (χ0) is 29.1. The van der Waals surface area contributed by atoms with E-state index in [0.29, 0.717) is 12.8 Å². The standard InChI is InChI=1S/C30H39F3O7/c1-17-12-20-21-14-23(32)22-13-18(34)10-11-27(22,2)29(21,33)24(35)15-28(20,3)30(17,25(36)38-16-31)40-26(37)39-19-8-6-4-5-7-9-19/h10-11,17,19-21,24,35H,4-9,12-16H2,1-3H3/t17-,20+,21+,24+,27+,28+,29+,30+/m1/s1. The Labute approximate surface area is 232 Å². The van der Waals surface area contributed by atoms with Crippen molar-refractivity contribution >= 4 is 17.9 Å². The molecule has 0 aliphatic heterocycles. The number of hydrogen-bond acceptors (Lipinski definition) is 7. The molecule has 0 aromatic heterocycles. The van der Waals surface area contributed by atoms with Crippen molar-refractivity contribution in [2.24, 2.45) is 28.6 Å². The first-order chi connectivity index (χ1) is 18.8. The molecule has 1 N–H and O–H groups in total. The van der Waals surface area contributed by atoms with E-state index >= 15 is 8.78 Å². The van der Waals surface area contributed by atoms with Gasteiger partial charge in [-0.2, -0.15) is 0 Å². The van der Waals surface area contributed by atoms with Crippen molar-refractivity contribution < 1.29 is 46.9 Å². The van der Waals surface area contributed by atoms with Crippen LogP contribution in [0.1, 0.15) is 85.0 Å². The summed E-state index contributed by atoms with van der Waals surface area (Å²) in [5, 5.41) is 11.6. The maximum Gasteiger partial charge on any atom is 0.509 e. The van der Waals surface area contributed by atoms with Gasteiger partial charge in [-0.3, -0.25) is 4.79 Å². The number of ketones is 1. The quantitative estimate of drug-likeness (QED) is 0.329. The maximum absolute atomic E-state index is 17.5. The summed E-state index contributed by atoms with van der Waals surface area (Å²) in [7, 11) is 0. The molecule has 5 aliphatic rings. The summed E-state index contributed by atoms with van der Waals surface area (Å²) in [5.74, 6) is -4.73. The predicted molar refractivity (Wildman–Crippen MR) is 137 cm³/mol. The van der Waals surface area contributed by atoms with Crippen molar-refractivity contribution in [2.75, 3.05) is 6.86 Å². The first-order valence-electron chi connectivity index (χ1n) is 14.4. The summed E-state index contributed by atoms with van der Waals surface area (Å²) in [5.41, 5.74) is -7.43. The first-order valence-corrected chi connectivity index (χ1v) is 14.4. The lowest BCUT2D eigenvalue weighted by atomic mass is 9.45. The molecule has 40 heavy (non-hydrogen) atoms. The molecule has 0 spiro atoms. The number of alkyl halides is 2. The van der Waals surface area contributed by atoms with Gasteiger partial charge in [0.25, 0.3) is 0 Å². The Morgan fingerprint density at radius 2 is 1.80 bits per heavy atom. The van der Waals surface area contributed by atoms with Crippen LogP contribution in [-0.4, -0.2) is 53.4 Å². The van der Waals surface area contributed by atoms with Crippen molar-refractivity contribution in [3.63, 3.8) is 0 Å². The zero-order valence-electron chi connectivity index (χ0n) is 23.4. The van der Waals surface area contributed by atoms with Crippen LogP contribution >= 0.6 is 0 Å². The van der Waals surface area contributed by atoms with E-state index in [0.717, 1.165) is 25.7 Å². The molecular formula is C30H39F3O7. The molecule has 10 heteroatoms. The number of esters is 1. The highest BCUT2D eigenvalue weighted by molar-refractivity contribution is 5.93. The summed E-state index contributed by atoms with van der Waals surface area (Å²) in [6.45, 7) is 3.26. The normalized spacial score (nSPS) is 43.3. The van der Waals surface area contributed by atoms with E-state index in [2.05, 4.69) is 0 Å². The molecule has 7 nitrogen and oxygen atoms in total. The van der Waals surface area contributed by atoms with Crippen LogP contribution in [0.3, 0.4) is 0 Å². The van der Waals surface area contributed by atoms with Gasteiger partial charge < -0.3 is 19.3 Å². The molecule has 5 aliphatic carbocycles. The summed E-state index contributed by atoms with van der Waals surface area (Å²) in [4.78, 5) is 38.9. The van der Waals surface area contributed by atoms with Gasteiger partial charge in [0, 0.05) is 35.5 Å². The second kappa shape index (κ2) is 10.2. The number of allylic oxidation sites excluding steroid dienone is 4. The van der Waals surface area contributed by atoms with Gasteiger partial charge in [-0.05, 0) is 63.0 Å². The van der Waals surface area contributed by atoms with Gasteiger partial charge in [0.15, 0.2) is 11.5 Å². The number of hydrogen-bond donors (Lipinski definition) is 1. The molecular weight excluding hydrogens is 529 g/mol. The molecule has 0 amide bonds. The van der Waals surface area contributed by atoms with E-state index in [-0.39, 0.29) is 37.0 Å². The Morgan fingerprint density at radius 3 is 2.45 bits per heavy atom. The fourth-order valence-corrected chi connectivity index (χ4v) is 9.00. The lowest BCUT2D eigenvalue weighted by Crippen LogP contribution is -2.70. The van der Waals surface area contributed by atoms with E-state index < -0.39 is 76.9 Å². The average Bonchev–Trinajstić information content (AvgIpc) is 3.04. The van der Waals surface area contributed by atoms with Gasteiger partial charge in [-0.1, -0.05) is 32.8 Å². The fraction of sp³-hybridized carbons (Fsp3) is 0.767. The molecule has 5 rings (SSSR count). The van der Waals surface area contributed by atoms with Crippen LogP contribution < -0.4 is 0 Å². The van der Waals surface area contributed by atoms with Crippen LogP contribution in [0.25, 0.3) is 0 Å². The van der Waals surface area contributed by atoms with E-state index in [9.17, 15) is 23.9 Å². The molecule has 8 atom stereocenters. The molecule has 0 heterocycles. The van der Waals surface area contributed by atoms with E-state index in [1.54, 1.807) is 13.8 Å². The van der Waals surface area contributed by atoms with Gasteiger partial charge in [-0.25, -0.2) is 22.8 Å². The number of fused-ring (bicyclic) bond motifs is 5. The molecule has 0 aromatic carbocycles.